The standard InChI is InChI=1S/C12H9NO4/c14-9(15)6-2-4-7-3-1-5-8-10(7)11(16)12(17)13-8/h1-5H,6H2,(H,14,15)(H,13,16,17). The van der Waals surface area contributed by atoms with Gasteiger partial charge in [-0.3, -0.25) is 14.4 Å². The average molecular weight is 231 g/mol. The number of Topliss-reactive ketones (excluding diaryl/α,β-unsaturated/α-hetero) is 1. The Balaban J connectivity index is 2.35. The Kier molecular flexibility index (Phi) is 2.74. The van der Waals surface area contributed by atoms with Crippen molar-refractivity contribution in [3.8, 4) is 0 Å². The van der Waals surface area contributed by atoms with Crippen LogP contribution in [0.3, 0.4) is 0 Å². The van der Waals surface area contributed by atoms with Gasteiger partial charge in [0.25, 0.3) is 11.7 Å². The molecule has 0 spiro atoms. The molecule has 0 saturated heterocycles. The van der Waals surface area contributed by atoms with Crippen LogP contribution in [0.15, 0.2) is 24.3 Å². The number of carboxylic acid groups (broad SMARTS) is 1. The molecule has 1 amide bonds. The van der Waals surface area contributed by atoms with Gasteiger partial charge in [0.05, 0.1) is 17.7 Å². The molecule has 0 aliphatic carbocycles. The van der Waals surface area contributed by atoms with Gasteiger partial charge in [-0.1, -0.05) is 24.3 Å². The molecule has 1 aromatic carbocycles. The van der Waals surface area contributed by atoms with Gasteiger partial charge in [0, 0.05) is 0 Å². The van der Waals surface area contributed by atoms with Crippen molar-refractivity contribution in [2.45, 2.75) is 6.42 Å². The molecule has 1 heterocycles. The minimum Gasteiger partial charge on any atom is -0.481 e. The first-order valence-electron chi connectivity index (χ1n) is 4.96. The molecule has 17 heavy (non-hydrogen) atoms. The van der Waals surface area contributed by atoms with Gasteiger partial charge in [-0.15, -0.1) is 0 Å². The van der Waals surface area contributed by atoms with E-state index in [0.29, 0.717) is 16.8 Å². The average Bonchev–Trinajstić information content (AvgIpc) is 2.55. The van der Waals surface area contributed by atoms with Crippen molar-refractivity contribution < 1.29 is 19.5 Å². The fraction of sp³-hybridized carbons (Fsp3) is 0.0833. The van der Waals surface area contributed by atoms with Crippen LogP contribution in [0.1, 0.15) is 22.3 Å². The molecule has 0 radical (unpaired) electrons. The summed E-state index contributed by atoms with van der Waals surface area (Å²) in [5, 5.41) is 10.9. The fourth-order valence-electron chi connectivity index (χ4n) is 1.65. The van der Waals surface area contributed by atoms with E-state index >= 15 is 0 Å². The van der Waals surface area contributed by atoms with Gasteiger partial charge in [-0.05, 0) is 11.6 Å². The molecule has 0 aromatic heterocycles. The number of nitrogens with one attached hydrogen (secondary N) is 1. The third-order valence-corrected chi connectivity index (χ3v) is 2.37. The number of hydrogen-bond acceptors (Lipinski definition) is 3. The molecule has 0 bridgehead atoms. The smallest absolute Gasteiger partial charge is 0.307 e. The molecule has 86 valence electrons. The lowest BCUT2D eigenvalue weighted by atomic mass is 10.0. The van der Waals surface area contributed by atoms with E-state index in [1.807, 2.05) is 0 Å². The molecular weight excluding hydrogens is 222 g/mol. The second kappa shape index (κ2) is 4.21. The van der Waals surface area contributed by atoms with Crippen molar-refractivity contribution in [3.63, 3.8) is 0 Å². The summed E-state index contributed by atoms with van der Waals surface area (Å²) >= 11 is 0. The van der Waals surface area contributed by atoms with Crippen molar-refractivity contribution in [2.75, 3.05) is 5.32 Å². The number of benzene rings is 1. The number of carbonyl (C=O) groups excluding carboxylic acids is 2. The Hall–Kier alpha value is -2.43. The number of aliphatic carboxylic acids is 1. The quantitative estimate of drug-likeness (QED) is 0.768. The number of rotatable bonds is 3. The maximum absolute atomic E-state index is 11.6. The second-order valence-corrected chi connectivity index (χ2v) is 3.55. The molecular formula is C12H9NO4. The summed E-state index contributed by atoms with van der Waals surface area (Å²) in [6.07, 6.45) is 2.85. The number of fused-ring (bicyclic) bond motifs is 1. The minimum atomic E-state index is -0.950. The Morgan fingerprint density at radius 3 is 2.82 bits per heavy atom. The molecule has 1 aliphatic rings. The van der Waals surface area contributed by atoms with Crippen LogP contribution in [-0.2, 0) is 9.59 Å². The SMILES string of the molecule is O=C(O)CC=Cc1cccc2c1C(=O)C(=O)N2. The van der Waals surface area contributed by atoms with Gasteiger partial charge in [0.1, 0.15) is 0 Å². The molecule has 1 aromatic rings. The van der Waals surface area contributed by atoms with Crippen LogP contribution in [0.25, 0.3) is 6.08 Å². The van der Waals surface area contributed by atoms with Gasteiger partial charge < -0.3 is 10.4 Å². The highest BCUT2D eigenvalue weighted by Crippen LogP contribution is 2.27. The first-order valence-corrected chi connectivity index (χ1v) is 4.96. The van der Waals surface area contributed by atoms with Gasteiger partial charge in [0.15, 0.2) is 0 Å². The number of ketones is 1. The zero-order valence-electron chi connectivity index (χ0n) is 8.77. The summed E-state index contributed by atoms with van der Waals surface area (Å²) in [4.78, 5) is 33.1. The third kappa shape index (κ3) is 2.08. The van der Waals surface area contributed by atoms with E-state index in [1.165, 1.54) is 12.2 Å². The first kappa shape index (κ1) is 11.1. The van der Waals surface area contributed by atoms with Gasteiger partial charge in [-0.2, -0.15) is 0 Å². The molecule has 2 rings (SSSR count). The highest BCUT2D eigenvalue weighted by atomic mass is 16.4. The summed E-state index contributed by atoms with van der Waals surface area (Å²) in [6.45, 7) is 0. The molecule has 1 aliphatic heterocycles. The van der Waals surface area contributed by atoms with Crippen LogP contribution in [-0.4, -0.2) is 22.8 Å². The third-order valence-electron chi connectivity index (χ3n) is 2.37. The zero-order valence-corrected chi connectivity index (χ0v) is 8.77. The number of amides is 1. The van der Waals surface area contributed by atoms with E-state index in [1.54, 1.807) is 18.2 Å². The van der Waals surface area contributed by atoms with E-state index in [2.05, 4.69) is 5.32 Å². The molecule has 5 heteroatoms. The van der Waals surface area contributed by atoms with Crippen LogP contribution in [0.5, 0.6) is 0 Å². The Labute approximate surface area is 96.8 Å². The second-order valence-electron chi connectivity index (χ2n) is 3.55. The van der Waals surface area contributed by atoms with Crippen LogP contribution in [0.2, 0.25) is 0 Å². The predicted molar refractivity (Wildman–Crippen MR) is 60.7 cm³/mol. The normalized spacial score (nSPS) is 13.9. The maximum Gasteiger partial charge on any atom is 0.307 e. The lowest BCUT2D eigenvalue weighted by Crippen LogP contribution is -2.12. The molecule has 0 atom stereocenters. The molecule has 0 saturated carbocycles. The van der Waals surface area contributed by atoms with E-state index in [9.17, 15) is 14.4 Å². The molecule has 0 unspecified atom stereocenters. The topological polar surface area (TPSA) is 83.5 Å². The van der Waals surface area contributed by atoms with E-state index < -0.39 is 17.7 Å². The Morgan fingerprint density at radius 2 is 2.12 bits per heavy atom. The zero-order chi connectivity index (χ0) is 12.4. The monoisotopic (exact) mass is 231 g/mol. The Morgan fingerprint density at radius 1 is 1.35 bits per heavy atom. The van der Waals surface area contributed by atoms with Crippen molar-refractivity contribution in [1.82, 2.24) is 0 Å². The number of carbonyl (C=O) groups is 3. The number of hydrogen-bond donors (Lipinski definition) is 2. The maximum atomic E-state index is 11.6. The summed E-state index contributed by atoms with van der Waals surface area (Å²) in [5.41, 5.74) is 1.32. The molecule has 0 fully saturated rings. The largest absolute Gasteiger partial charge is 0.481 e. The lowest BCUT2D eigenvalue weighted by Gasteiger charge is -2.00. The molecule has 2 N–H and O–H groups in total. The van der Waals surface area contributed by atoms with E-state index in [4.69, 9.17) is 5.11 Å². The van der Waals surface area contributed by atoms with Gasteiger partial charge in [-0.25, -0.2) is 0 Å². The van der Waals surface area contributed by atoms with Crippen LogP contribution in [0, 0.1) is 0 Å². The fourth-order valence-corrected chi connectivity index (χ4v) is 1.65. The molecule has 5 nitrogen and oxygen atoms in total. The first-order chi connectivity index (χ1) is 8.09. The summed E-state index contributed by atoms with van der Waals surface area (Å²) in [6, 6.07) is 4.99. The van der Waals surface area contributed by atoms with E-state index in [0.717, 1.165) is 0 Å². The van der Waals surface area contributed by atoms with Crippen LogP contribution >= 0.6 is 0 Å². The van der Waals surface area contributed by atoms with Gasteiger partial charge in [0.2, 0.25) is 0 Å². The summed E-state index contributed by atoms with van der Waals surface area (Å²) in [7, 11) is 0. The highest BCUT2D eigenvalue weighted by molar-refractivity contribution is 6.52. The minimum absolute atomic E-state index is 0.126. The van der Waals surface area contributed by atoms with Crippen molar-refractivity contribution in [2.24, 2.45) is 0 Å². The van der Waals surface area contributed by atoms with Crippen molar-refractivity contribution >= 4 is 29.4 Å². The highest BCUT2D eigenvalue weighted by Gasteiger charge is 2.29. The van der Waals surface area contributed by atoms with Gasteiger partial charge >= 0.3 is 5.97 Å². The van der Waals surface area contributed by atoms with Crippen LogP contribution < -0.4 is 5.32 Å². The predicted octanol–water partition coefficient (Wildman–Crippen LogP) is 1.31. The summed E-state index contributed by atoms with van der Waals surface area (Å²) in [5.74, 6) is -2.19. The lowest BCUT2D eigenvalue weighted by molar-refractivity contribution is -0.136. The Bertz CT molecular complexity index is 545. The van der Waals surface area contributed by atoms with E-state index in [-0.39, 0.29) is 6.42 Å². The number of anilines is 1. The van der Waals surface area contributed by atoms with Crippen molar-refractivity contribution in [3.05, 3.63) is 35.4 Å². The number of carboxylic acids is 1. The summed E-state index contributed by atoms with van der Waals surface area (Å²) < 4.78 is 0. The van der Waals surface area contributed by atoms with Crippen LogP contribution in [0.4, 0.5) is 5.69 Å². The van der Waals surface area contributed by atoms with Crippen molar-refractivity contribution in [1.29, 1.82) is 0 Å².